The molecule has 1 nitrogen and oxygen atoms in total. The number of nitrogen functional groups attached to an aromatic ring is 1. The molecule has 0 heterocycles. The van der Waals surface area contributed by atoms with Crippen molar-refractivity contribution in [3.05, 3.63) is 64.7 Å². The summed E-state index contributed by atoms with van der Waals surface area (Å²) in [7, 11) is 0. The van der Waals surface area contributed by atoms with E-state index in [1.807, 2.05) is 0 Å². The minimum absolute atomic E-state index is 0.410. The lowest BCUT2D eigenvalue weighted by atomic mass is 9.65. The Hall–Kier alpha value is -1.76. The second kappa shape index (κ2) is 8.08. The van der Waals surface area contributed by atoms with Crippen molar-refractivity contribution in [3.63, 3.8) is 0 Å². The molecule has 0 radical (unpaired) electrons. The van der Waals surface area contributed by atoms with E-state index < -0.39 is 0 Å². The second-order valence-corrected chi connectivity index (χ2v) is 7.97. The molecule has 0 atom stereocenters. The topological polar surface area (TPSA) is 26.0 Å². The van der Waals surface area contributed by atoms with Crippen LogP contribution in [-0.4, -0.2) is 0 Å². The molecule has 1 aliphatic rings. The van der Waals surface area contributed by atoms with Gasteiger partial charge >= 0.3 is 0 Å². The molecule has 25 heavy (non-hydrogen) atoms. The Labute approximate surface area is 153 Å². The van der Waals surface area contributed by atoms with Crippen LogP contribution in [0.2, 0.25) is 0 Å². The van der Waals surface area contributed by atoms with Crippen molar-refractivity contribution in [2.75, 3.05) is 5.73 Å². The van der Waals surface area contributed by atoms with E-state index in [0.717, 1.165) is 12.1 Å². The fourth-order valence-corrected chi connectivity index (χ4v) is 4.66. The molecule has 2 aromatic carbocycles. The molecular formula is C24H33N. The third kappa shape index (κ3) is 4.08. The molecule has 0 amide bonds. The van der Waals surface area contributed by atoms with E-state index in [9.17, 15) is 0 Å². The molecular weight excluding hydrogens is 302 g/mol. The molecule has 2 aromatic rings. The van der Waals surface area contributed by atoms with E-state index >= 15 is 0 Å². The van der Waals surface area contributed by atoms with Crippen molar-refractivity contribution in [2.45, 2.75) is 77.0 Å². The van der Waals surface area contributed by atoms with Crippen LogP contribution in [0.5, 0.6) is 0 Å². The molecule has 3 rings (SSSR count). The van der Waals surface area contributed by atoms with Gasteiger partial charge in [-0.2, -0.15) is 0 Å². The van der Waals surface area contributed by atoms with Crippen LogP contribution in [-0.2, 0) is 11.8 Å². The number of anilines is 1. The fourth-order valence-electron chi connectivity index (χ4n) is 4.66. The van der Waals surface area contributed by atoms with Gasteiger partial charge in [0, 0.05) is 5.69 Å². The van der Waals surface area contributed by atoms with Gasteiger partial charge < -0.3 is 5.73 Å². The quantitative estimate of drug-likeness (QED) is 0.594. The SMILES string of the molecule is CCCCC1(c2ccccc2Cc2ccc(N)c(C)c2)CCCCC1. The number of aryl methyl sites for hydroxylation is 1. The standard InChI is InChI=1S/C24H33N/c1-3-4-14-24(15-8-5-9-16-24)22-11-7-6-10-21(22)18-20-12-13-23(25)19(2)17-20/h6-7,10-13,17H,3-5,8-9,14-16,18,25H2,1-2H3. The summed E-state index contributed by atoms with van der Waals surface area (Å²) in [4.78, 5) is 0. The molecule has 1 heteroatoms. The van der Waals surface area contributed by atoms with Crippen LogP contribution in [0.15, 0.2) is 42.5 Å². The van der Waals surface area contributed by atoms with Gasteiger partial charge in [-0.3, -0.25) is 0 Å². The normalized spacial score (nSPS) is 16.7. The summed E-state index contributed by atoms with van der Waals surface area (Å²) >= 11 is 0. The molecule has 134 valence electrons. The first-order valence-electron chi connectivity index (χ1n) is 10.1. The monoisotopic (exact) mass is 335 g/mol. The van der Waals surface area contributed by atoms with Gasteiger partial charge in [0.2, 0.25) is 0 Å². The van der Waals surface area contributed by atoms with Gasteiger partial charge in [-0.05, 0) is 66.3 Å². The molecule has 0 aliphatic heterocycles. The zero-order chi connectivity index (χ0) is 17.7. The highest BCUT2D eigenvalue weighted by atomic mass is 14.5. The number of unbranched alkanes of at least 4 members (excludes halogenated alkanes) is 1. The van der Waals surface area contributed by atoms with Crippen LogP contribution in [0.4, 0.5) is 5.69 Å². The van der Waals surface area contributed by atoms with E-state index in [2.05, 4.69) is 56.3 Å². The third-order valence-electron chi connectivity index (χ3n) is 6.14. The van der Waals surface area contributed by atoms with Gasteiger partial charge in [0.15, 0.2) is 0 Å². The lowest BCUT2D eigenvalue weighted by Crippen LogP contribution is -2.30. The van der Waals surface area contributed by atoms with E-state index in [0.29, 0.717) is 5.41 Å². The maximum Gasteiger partial charge on any atom is 0.0343 e. The highest BCUT2D eigenvalue weighted by Crippen LogP contribution is 2.45. The summed E-state index contributed by atoms with van der Waals surface area (Å²) in [5.74, 6) is 0. The Morgan fingerprint density at radius 1 is 1.00 bits per heavy atom. The summed E-state index contributed by atoms with van der Waals surface area (Å²) in [6, 6.07) is 15.7. The van der Waals surface area contributed by atoms with Gasteiger partial charge in [-0.25, -0.2) is 0 Å². The predicted molar refractivity (Wildman–Crippen MR) is 109 cm³/mol. The van der Waals surface area contributed by atoms with Crippen LogP contribution >= 0.6 is 0 Å². The molecule has 2 N–H and O–H groups in total. The first kappa shape index (κ1) is 18.0. The summed E-state index contributed by atoms with van der Waals surface area (Å²) in [5.41, 5.74) is 13.0. The van der Waals surface area contributed by atoms with Crippen molar-refractivity contribution in [3.8, 4) is 0 Å². The minimum Gasteiger partial charge on any atom is -0.399 e. The van der Waals surface area contributed by atoms with Gasteiger partial charge in [0.05, 0.1) is 0 Å². The fraction of sp³-hybridized carbons (Fsp3) is 0.500. The van der Waals surface area contributed by atoms with Gasteiger partial charge in [-0.15, -0.1) is 0 Å². The predicted octanol–water partition coefficient (Wildman–Crippen LogP) is 6.56. The smallest absolute Gasteiger partial charge is 0.0343 e. The molecule has 1 fully saturated rings. The molecule has 0 bridgehead atoms. The molecule has 0 saturated heterocycles. The first-order chi connectivity index (χ1) is 12.1. The summed E-state index contributed by atoms with van der Waals surface area (Å²) < 4.78 is 0. The molecule has 1 aliphatic carbocycles. The largest absolute Gasteiger partial charge is 0.399 e. The Morgan fingerprint density at radius 2 is 1.76 bits per heavy atom. The average Bonchev–Trinajstić information content (AvgIpc) is 2.64. The first-order valence-corrected chi connectivity index (χ1v) is 10.1. The molecule has 1 saturated carbocycles. The molecule has 0 unspecified atom stereocenters. The van der Waals surface area contributed by atoms with E-state index in [-0.39, 0.29) is 0 Å². The van der Waals surface area contributed by atoms with Crippen LogP contribution in [0.3, 0.4) is 0 Å². The number of hydrogen-bond donors (Lipinski definition) is 1. The van der Waals surface area contributed by atoms with Crippen LogP contribution in [0.1, 0.15) is 80.5 Å². The zero-order valence-electron chi connectivity index (χ0n) is 16.0. The number of hydrogen-bond acceptors (Lipinski definition) is 1. The van der Waals surface area contributed by atoms with Crippen LogP contribution in [0, 0.1) is 6.92 Å². The lowest BCUT2D eigenvalue weighted by Gasteiger charge is -2.39. The third-order valence-corrected chi connectivity index (χ3v) is 6.14. The van der Waals surface area contributed by atoms with Gasteiger partial charge in [0.25, 0.3) is 0 Å². The Morgan fingerprint density at radius 3 is 2.48 bits per heavy atom. The number of rotatable bonds is 6. The van der Waals surface area contributed by atoms with Crippen LogP contribution in [0.25, 0.3) is 0 Å². The van der Waals surface area contributed by atoms with Gasteiger partial charge in [0.1, 0.15) is 0 Å². The lowest BCUT2D eigenvalue weighted by molar-refractivity contribution is 0.266. The maximum absolute atomic E-state index is 6.00. The summed E-state index contributed by atoms with van der Waals surface area (Å²) in [6.07, 6.45) is 11.9. The van der Waals surface area contributed by atoms with Crippen molar-refractivity contribution >= 4 is 5.69 Å². The van der Waals surface area contributed by atoms with E-state index in [1.54, 1.807) is 5.56 Å². The van der Waals surface area contributed by atoms with Gasteiger partial charge in [-0.1, -0.05) is 75.4 Å². The van der Waals surface area contributed by atoms with Crippen molar-refractivity contribution in [2.24, 2.45) is 0 Å². The van der Waals surface area contributed by atoms with Crippen LogP contribution < -0.4 is 5.73 Å². The number of nitrogens with two attached hydrogens (primary N) is 1. The Kier molecular flexibility index (Phi) is 5.83. The maximum atomic E-state index is 6.00. The van der Waals surface area contributed by atoms with Crippen molar-refractivity contribution in [1.82, 2.24) is 0 Å². The summed E-state index contributed by atoms with van der Waals surface area (Å²) in [6.45, 7) is 4.42. The minimum atomic E-state index is 0.410. The highest BCUT2D eigenvalue weighted by molar-refractivity contribution is 5.49. The Balaban J connectivity index is 1.94. The number of benzene rings is 2. The second-order valence-electron chi connectivity index (χ2n) is 7.97. The van der Waals surface area contributed by atoms with E-state index in [4.69, 9.17) is 5.73 Å². The van der Waals surface area contributed by atoms with E-state index in [1.165, 1.54) is 68.1 Å². The van der Waals surface area contributed by atoms with Crippen molar-refractivity contribution < 1.29 is 0 Å². The zero-order valence-corrected chi connectivity index (χ0v) is 16.0. The van der Waals surface area contributed by atoms with Crippen molar-refractivity contribution in [1.29, 1.82) is 0 Å². The Bertz CT molecular complexity index is 695. The average molecular weight is 336 g/mol. The molecule has 0 spiro atoms. The highest BCUT2D eigenvalue weighted by Gasteiger charge is 2.34. The molecule has 0 aromatic heterocycles. The summed E-state index contributed by atoms with van der Waals surface area (Å²) in [5, 5.41) is 0.